The zero-order chi connectivity index (χ0) is 12.9. The molecule has 0 aliphatic carbocycles. The highest BCUT2D eigenvalue weighted by Crippen LogP contribution is 1.81. The first-order chi connectivity index (χ1) is 8.24. The van der Waals surface area contributed by atoms with Gasteiger partial charge in [-0.15, -0.1) is 0 Å². The molecule has 6 heteroatoms. The van der Waals surface area contributed by atoms with Crippen molar-refractivity contribution in [2.24, 2.45) is 4.99 Å². The number of aliphatic imine (C=N–C) groups is 1. The van der Waals surface area contributed by atoms with Crippen LogP contribution < -0.4 is 10.6 Å². The van der Waals surface area contributed by atoms with E-state index in [0.717, 1.165) is 38.7 Å². The number of likely N-dealkylation sites (N-methyl/N-ethyl adjacent to an activating group) is 1. The van der Waals surface area contributed by atoms with Gasteiger partial charge in [-0.1, -0.05) is 0 Å². The van der Waals surface area contributed by atoms with E-state index in [9.17, 15) is 0 Å². The molecule has 0 radical (unpaired) electrons. The Morgan fingerprint density at radius 3 is 2.29 bits per heavy atom. The molecule has 0 aliphatic rings. The molecule has 6 nitrogen and oxygen atoms in total. The third kappa shape index (κ3) is 10.0. The Morgan fingerprint density at radius 1 is 1.06 bits per heavy atom. The smallest absolute Gasteiger partial charge is 0.191 e. The van der Waals surface area contributed by atoms with Crippen molar-refractivity contribution in [1.82, 2.24) is 15.5 Å². The minimum Gasteiger partial charge on any atom is -0.383 e. The van der Waals surface area contributed by atoms with Crippen LogP contribution in [0.2, 0.25) is 0 Å². The van der Waals surface area contributed by atoms with Gasteiger partial charge < -0.3 is 25.0 Å². The molecule has 0 saturated carbocycles. The molecule has 0 aliphatic heterocycles. The molecule has 102 valence electrons. The standard InChI is InChI=1S/C11H26N4O2/c1-12-11(14-6-9-16-3)13-5-7-15(2)8-10-17-4/h5-10H2,1-4H3,(H2,12,13,14). The van der Waals surface area contributed by atoms with Crippen LogP contribution in [0.5, 0.6) is 0 Å². The SMILES string of the molecule is CN=C(NCCOC)NCCN(C)CCOC. The first-order valence-electron chi connectivity index (χ1n) is 5.85. The van der Waals surface area contributed by atoms with Gasteiger partial charge in [0, 0.05) is 47.4 Å². The summed E-state index contributed by atoms with van der Waals surface area (Å²) in [5.41, 5.74) is 0. The van der Waals surface area contributed by atoms with E-state index in [4.69, 9.17) is 9.47 Å². The van der Waals surface area contributed by atoms with E-state index in [2.05, 4.69) is 27.6 Å². The third-order valence-corrected chi connectivity index (χ3v) is 2.29. The van der Waals surface area contributed by atoms with Crippen LogP contribution in [0.1, 0.15) is 0 Å². The molecule has 0 amide bonds. The number of ether oxygens (including phenoxy) is 2. The molecule has 0 rings (SSSR count). The van der Waals surface area contributed by atoms with E-state index in [1.165, 1.54) is 0 Å². The highest BCUT2D eigenvalue weighted by Gasteiger charge is 1.99. The van der Waals surface area contributed by atoms with E-state index < -0.39 is 0 Å². The summed E-state index contributed by atoms with van der Waals surface area (Å²) in [5.74, 6) is 0.808. The maximum atomic E-state index is 5.01. The van der Waals surface area contributed by atoms with E-state index in [-0.39, 0.29) is 0 Å². The molecular formula is C11H26N4O2. The fraction of sp³-hybridized carbons (Fsp3) is 0.909. The predicted octanol–water partition coefficient (Wildman–Crippen LogP) is -0.624. The van der Waals surface area contributed by atoms with Gasteiger partial charge in [0.05, 0.1) is 13.2 Å². The number of rotatable bonds is 9. The van der Waals surface area contributed by atoms with Gasteiger partial charge in [0.15, 0.2) is 5.96 Å². The van der Waals surface area contributed by atoms with Crippen molar-refractivity contribution >= 4 is 5.96 Å². The van der Waals surface area contributed by atoms with Gasteiger partial charge in [0.2, 0.25) is 0 Å². The van der Waals surface area contributed by atoms with Crippen LogP contribution in [-0.4, -0.2) is 78.6 Å². The lowest BCUT2D eigenvalue weighted by Crippen LogP contribution is -2.42. The van der Waals surface area contributed by atoms with Crippen LogP contribution in [0.3, 0.4) is 0 Å². The van der Waals surface area contributed by atoms with E-state index >= 15 is 0 Å². The summed E-state index contributed by atoms with van der Waals surface area (Å²) < 4.78 is 9.97. The highest BCUT2D eigenvalue weighted by molar-refractivity contribution is 5.79. The Hall–Kier alpha value is -0.850. The van der Waals surface area contributed by atoms with Crippen LogP contribution in [0.4, 0.5) is 0 Å². The Morgan fingerprint density at radius 2 is 1.71 bits per heavy atom. The lowest BCUT2D eigenvalue weighted by atomic mass is 10.5. The van der Waals surface area contributed by atoms with Gasteiger partial charge in [-0.3, -0.25) is 4.99 Å². The number of methoxy groups -OCH3 is 2. The average Bonchev–Trinajstić information content (AvgIpc) is 2.34. The van der Waals surface area contributed by atoms with Crippen molar-refractivity contribution in [2.75, 3.05) is 67.7 Å². The molecule has 0 aromatic heterocycles. The second-order valence-electron chi connectivity index (χ2n) is 3.71. The Bertz CT molecular complexity index is 200. The van der Waals surface area contributed by atoms with Gasteiger partial charge in [0.1, 0.15) is 0 Å². The summed E-state index contributed by atoms with van der Waals surface area (Å²) in [4.78, 5) is 6.32. The van der Waals surface area contributed by atoms with Gasteiger partial charge in [-0.2, -0.15) is 0 Å². The number of hydrogen-bond acceptors (Lipinski definition) is 4. The van der Waals surface area contributed by atoms with Crippen molar-refractivity contribution in [3.8, 4) is 0 Å². The summed E-state index contributed by atoms with van der Waals surface area (Å²) in [5, 5.41) is 6.39. The number of guanidine groups is 1. The van der Waals surface area contributed by atoms with Crippen LogP contribution >= 0.6 is 0 Å². The lowest BCUT2D eigenvalue weighted by Gasteiger charge is -2.17. The zero-order valence-corrected chi connectivity index (χ0v) is 11.5. The summed E-state index contributed by atoms with van der Waals surface area (Å²) in [6, 6.07) is 0. The second kappa shape index (κ2) is 11.6. The van der Waals surface area contributed by atoms with Gasteiger partial charge in [-0.05, 0) is 7.05 Å². The van der Waals surface area contributed by atoms with Crippen LogP contribution in [-0.2, 0) is 9.47 Å². The number of nitrogens with zero attached hydrogens (tertiary/aromatic N) is 2. The van der Waals surface area contributed by atoms with Crippen molar-refractivity contribution in [1.29, 1.82) is 0 Å². The maximum absolute atomic E-state index is 5.01. The van der Waals surface area contributed by atoms with Crippen molar-refractivity contribution in [3.05, 3.63) is 0 Å². The van der Waals surface area contributed by atoms with E-state index in [1.54, 1.807) is 21.3 Å². The molecule has 0 fully saturated rings. The molecule has 0 unspecified atom stereocenters. The molecule has 17 heavy (non-hydrogen) atoms. The molecule has 0 saturated heterocycles. The summed E-state index contributed by atoms with van der Waals surface area (Å²) >= 11 is 0. The molecule has 2 N–H and O–H groups in total. The van der Waals surface area contributed by atoms with Crippen LogP contribution in [0.25, 0.3) is 0 Å². The molecular weight excluding hydrogens is 220 g/mol. The Balaban J connectivity index is 3.55. The fourth-order valence-electron chi connectivity index (χ4n) is 1.22. The van der Waals surface area contributed by atoms with Crippen LogP contribution in [0.15, 0.2) is 4.99 Å². The minimum atomic E-state index is 0.675. The Labute approximate surface area is 104 Å². The van der Waals surface area contributed by atoms with Gasteiger partial charge >= 0.3 is 0 Å². The fourth-order valence-corrected chi connectivity index (χ4v) is 1.22. The van der Waals surface area contributed by atoms with Crippen molar-refractivity contribution in [3.63, 3.8) is 0 Å². The quantitative estimate of drug-likeness (QED) is 0.322. The summed E-state index contributed by atoms with van der Waals surface area (Å²) in [6.07, 6.45) is 0. The molecule has 0 spiro atoms. The molecule has 0 aromatic carbocycles. The van der Waals surface area contributed by atoms with Crippen LogP contribution in [0, 0.1) is 0 Å². The molecule has 0 atom stereocenters. The van der Waals surface area contributed by atoms with Crippen molar-refractivity contribution < 1.29 is 9.47 Å². The topological polar surface area (TPSA) is 58.1 Å². The molecule has 0 bridgehead atoms. The van der Waals surface area contributed by atoms with E-state index in [0.29, 0.717) is 6.61 Å². The lowest BCUT2D eigenvalue weighted by molar-refractivity contribution is 0.162. The number of nitrogens with one attached hydrogen (secondary N) is 2. The third-order valence-electron chi connectivity index (χ3n) is 2.29. The second-order valence-corrected chi connectivity index (χ2v) is 3.71. The zero-order valence-electron chi connectivity index (χ0n) is 11.5. The molecule has 0 heterocycles. The van der Waals surface area contributed by atoms with Crippen molar-refractivity contribution in [2.45, 2.75) is 0 Å². The summed E-state index contributed by atoms with van der Waals surface area (Å²) in [7, 11) is 7.23. The largest absolute Gasteiger partial charge is 0.383 e. The first kappa shape index (κ1) is 16.1. The highest BCUT2D eigenvalue weighted by atomic mass is 16.5. The molecule has 0 aromatic rings. The van der Waals surface area contributed by atoms with Gasteiger partial charge in [-0.25, -0.2) is 0 Å². The average molecular weight is 246 g/mol. The minimum absolute atomic E-state index is 0.675. The summed E-state index contributed by atoms with van der Waals surface area (Å²) in [6.45, 7) is 4.94. The van der Waals surface area contributed by atoms with Gasteiger partial charge in [0.25, 0.3) is 0 Å². The Kier molecular flexibility index (Phi) is 11.0. The first-order valence-corrected chi connectivity index (χ1v) is 5.85. The monoisotopic (exact) mass is 246 g/mol. The predicted molar refractivity (Wildman–Crippen MR) is 70.6 cm³/mol. The maximum Gasteiger partial charge on any atom is 0.191 e. The number of hydrogen-bond donors (Lipinski definition) is 2. The normalized spacial score (nSPS) is 11.9. The van der Waals surface area contributed by atoms with E-state index in [1.807, 2.05) is 0 Å².